The minimum Gasteiger partial charge on any atom is -0.465 e. The first-order chi connectivity index (χ1) is 11.5. The molecular formula is C18H18FN3O2. The summed E-state index contributed by atoms with van der Waals surface area (Å²) in [6.45, 7) is 1.84. The van der Waals surface area contributed by atoms with E-state index in [0.29, 0.717) is 6.42 Å². The molecule has 0 fully saturated rings. The topological polar surface area (TPSA) is 67.2 Å². The van der Waals surface area contributed by atoms with E-state index >= 15 is 0 Å². The minimum atomic E-state index is -1.01. The molecule has 5 nitrogen and oxygen atoms in total. The predicted octanol–water partition coefficient (Wildman–Crippen LogP) is 3.75. The number of carbonyl (C=O) groups is 1. The Hall–Kier alpha value is -2.89. The van der Waals surface area contributed by atoms with Crippen molar-refractivity contribution in [1.82, 2.24) is 15.1 Å². The van der Waals surface area contributed by atoms with E-state index in [1.54, 1.807) is 23.0 Å². The third-order valence-corrected chi connectivity index (χ3v) is 3.99. The lowest BCUT2D eigenvalue weighted by atomic mass is 10.0. The van der Waals surface area contributed by atoms with E-state index in [0.717, 1.165) is 28.6 Å². The highest BCUT2D eigenvalue weighted by atomic mass is 19.1. The fourth-order valence-corrected chi connectivity index (χ4v) is 2.77. The molecule has 1 amide bonds. The molecule has 3 rings (SSSR count). The van der Waals surface area contributed by atoms with Gasteiger partial charge >= 0.3 is 6.09 Å². The van der Waals surface area contributed by atoms with Crippen molar-refractivity contribution < 1.29 is 14.3 Å². The van der Waals surface area contributed by atoms with Crippen LogP contribution < -0.4 is 5.32 Å². The van der Waals surface area contributed by atoms with Crippen molar-refractivity contribution in [2.24, 2.45) is 0 Å². The normalized spacial score (nSPS) is 12.2. The van der Waals surface area contributed by atoms with Crippen molar-refractivity contribution in [1.29, 1.82) is 0 Å². The highest BCUT2D eigenvalue weighted by Gasteiger charge is 2.11. The molecule has 2 aromatic carbocycles. The third kappa shape index (κ3) is 3.37. The Balaban J connectivity index is 1.86. The molecule has 0 radical (unpaired) electrons. The van der Waals surface area contributed by atoms with E-state index in [2.05, 4.69) is 10.4 Å². The summed E-state index contributed by atoms with van der Waals surface area (Å²) in [7, 11) is 0. The van der Waals surface area contributed by atoms with Gasteiger partial charge in [0.1, 0.15) is 5.82 Å². The first-order valence-corrected chi connectivity index (χ1v) is 7.75. The average Bonchev–Trinajstić information content (AvgIpc) is 2.97. The number of halogens is 1. The number of carboxylic acid groups (broad SMARTS) is 1. The number of aryl methyl sites for hydroxylation is 1. The van der Waals surface area contributed by atoms with E-state index in [-0.39, 0.29) is 11.9 Å². The molecule has 1 heterocycles. The van der Waals surface area contributed by atoms with Crippen LogP contribution in [-0.4, -0.2) is 27.0 Å². The van der Waals surface area contributed by atoms with Crippen molar-refractivity contribution in [3.05, 3.63) is 60.0 Å². The van der Waals surface area contributed by atoms with Gasteiger partial charge in [-0.25, -0.2) is 13.9 Å². The van der Waals surface area contributed by atoms with Crippen LogP contribution in [-0.2, 0) is 6.42 Å². The second-order valence-electron chi connectivity index (χ2n) is 5.77. The molecule has 124 valence electrons. The van der Waals surface area contributed by atoms with Gasteiger partial charge in [-0.3, -0.25) is 0 Å². The molecule has 0 bridgehead atoms. The lowest BCUT2D eigenvalue weighted by Gasteiger charge is -2.11. The van der Waals surface area contributed by atoms with Crippen LogP contribution in [0.2, 0.25) is 0 Å². The van der Waals surface area contributed by atoms with Crippen molar-refractivity contribution in [3.63, 3.8) is 0 Å². The van der Waals surface area contributed by atoms with Gasteiger partial charge in [-0.1, -0.05) is 12.1 Å². The Morgan fingerprint density at radius 3 is 2.75 bits per heavy atom. The Kier molecular flexibility index (Phi) is 4.46. The molecule has 1 aromatic heterocycles. The first-order valence-electron chi connectivity index (χ1n) is 7.75. The minimum absolute atomic E-state index is 0.120. The summed E-state index contributed by atoms with van der Waals surface area (Å²) in [4.78, 5) is 10.7. The molecule has 1 atom stereocenters. The van der Waals surface area contributed by atoms with E-state index in [1.165, 1.54) is 12.1 Å². The summed E-state index contributed by atoms with van der Waals surface area (Å²) < 4.78 is 14.9. The van der Waals surface area contributed by atoms with Crippen molar-refractivity contribution >= 4 is 17.0 Å². The Morgan fingerprint density at radius 1 is 1.29 bits per heavy atom. The molecule has 0 unspecified atom stereocenters. The maximum Gasteiger partial charge on any atom is 0.404 e. The lowest BCUT2D eigenvalue weighted by Crippen LogP contribution is -2.31. The molecule has 0 saturated carbocycles. The highest BCUT2D eigenvalue weighted by molar-refractivity contribution is 5.83. The number of nitrogens with one attached hydrogen (secondary N) is 1. The van der Waals surface area contributed by atoms with Crippen LogP contribution in [0.25, 0.3) is 16.6 Å². The molecule has 2 N–H and O–H groups in total. The quantitative estimate of drug-likeness (QED) is 0.750. The smallest absolute Gasteiger partial charge is 0.404 e. The number of rotatable bonds is 5. The lowest BCUT2D eigenvalue weighted by molar-refractivity contribution is 0.190. The summed E-state index contributed by atoms with van der Waals surface area (Å²) in [6.07, 6.45) is 2.23. The van der Waals surface area contributed by atoms with Gasteiger partial charge in [-0.2, -0.15) is 5.10 Å². The number of amides is 1. The number of fused-ring (bicyclic) bond motifs is 1. The predicted molar refractivity (Wildman–Crippen MR) is 90.0 cm³/mol. The van der Waals surface area contributed by atoms with Gasteiger partial charge in [-0.15, -0.1) is 0 Å². The van der Waals surface area contributed by atoms with Gasteiger partial charge in [0.05, 0.1) is 17.4 Å². The molecule has 0 spiro atoms. The Morgan fingerprint density at radius 2 is 2.04 bits per heavy atom. The van der Waals surface area contributed by atoms with Gasteiger partial charge < -0.3 is 10.4 Å². The van der Waals surface area contributed by atoms with Crippen molar-refractivity contribution in [2.75, 3.05) is 0 Å². The number of benzene rings is 2. The van der Waals surface area contributed by atoms with E-state index < -0.39 is 6.09 Å². The van der Waals surface area contributed by atoms with Crippen LogP contribution in [0, 0.1) is 5.82 Å². The highest BCUT2D eigenvalue weighted by Crippen LogP contribution is 2.23. The van der Waals surface area contributed by atoms with Crippen molar-refractivity contribution in [2.45, 2.75) is 25.8 Å². The van der Waals surface area contributed by atoms with Crippen LogP contribution in [0.4, 0.5) is 9.18 Å². The maximum absolute atomic E-state index is 13.1. The Labute approximate surface area is 138 Å². The van der Waals surface area contributed by atoms with Crippen LogP contribution >= 0.6 is 0 Å². The monoisotopic (exact) mass is 327 g/mol. The first kappa shape index (κ1) is 16.0. The Bertz CT molecular complexity index is 858. The largest absolute Gasteiger partial charge is 0.465 e. The van der Waals surface area contributed by atoms with Crippen LogP contribution in [0.5, 0.6) is 0 Å². The summed E-state index contributed by atoms with van der Waals surface area (Å²) in [6, 6.07) is 12.0. The van der Waals surface area contributed by atoms with Crippen molar-refractivity contribution in [3.8, 4) is 5.69 Å². The number of nitrogens with zero attached hydrogens (tertiary/aromatic N) is 2. The fourth-order valence-electron chi connectivity index (χ4n) is 2.77. The second-order valence-corrected chi connectivity index (χ2v) is 5.77. The molecule has 3 aromatic rings. The zero-order chi connectivity index (χ0) is 17.1. The van der Waals surface area contributed by atoms with E-state index in [4.69, 9.17) is 5.11 Å². The van der Waals surface area contributed by atoms with E-state index in [1.807, 2.05) is 25.1 Å². The van der Waals surface area contributed by atoms with Gasteiger partial charge in [-0.05, 0) is 55.7 Å². The van der Waals surface area contributed by atoms with Crippen LogP contribution in [0.1, 0.15) is 18.9 Å². The van der Waals surface area contributed by atoms with Gasteiger partial charge in [0.15, 0.2) is 0 Å². The summed E-state index contributed by atoms with van der Waals surface area (Å²) in [5.41, 5.74) is 2.85. The summed E-state index contributed by atoms with van der Waals surface area (Å²) in [5, 5.41) is 16.6. The van der Waals surface area contributed by atoms with E-state index in [9.17, 15) is 9.18 Å². The number of aromatic nitrogens is 2. The molecule has 0 aliphatic rings. The standard InChI is InChI=1S/C18H18FN3O2/c1-12(21-18(23)24)5-6-13-3-2-4-17-16(13)11-20-22(17)15-9-7-14(19)8-10-15/h2-4,7-12,21H,5-6H2,1H3,(H,23,24)/t12-/m0/s1. The SMILES string of the molecule is C[C@@H](CCc1cccc2c1cnn2-c1ccc(F)cc1)NC(=O)O. The number of hydrogen-bond acceptors (Lipinski definition) is 2. The van der Waals surface area contributed by atoms with Gasteiger partial charge in [0, 0.05) is 11.4 Å². The van der Waals surface area contributed by atoms with Crippen LogP contribution in [0.3, 0.4) is 0 Å². The molecule has 0 saturated heterocycles. The molecule has 0 aliphatic heterocycles. The molecular weight excluding hydrogens is 309 g/mol. The fraction of sp³-hybridized carbons (Fsp3) is 0.222. The summed E-state index contributed by atoms with van der Waals surface area (Å²) >= 11 is 0. The zero-order valence-electron chi connectivity index (χ0n) is 13.2. The van der Waals surface area contributed by atoms with Gasteiger partial charge in [0.25, 0.3) is 0 Å². The average molecular weight is 327 g/mol. The second kappa shape index (κ2) is 6.70. The maximum atomic E-state index is 13.1. The molecule has 0 aliphatic carbocycles. The molecule has 24 heavy (non-hydrogen) atoms. The zero-order valence-corrected chi connectivity index (χ0v) is 13.2. The van der Waals surface area contributed by atoms with Gasteiger partial charge in [0.2, 0.25) is 0 Å². The number of hydrogen-bond donors (Lipinski definition) is 2. The van der Waals surface area contributed by atoms with Crippen LogP contribution in [0.15, 0.2) is 48.7 Å². The third-order valence-electron chi connectivity index (χ3n) is 3.99. The molecule has 6 heteroatoms. The summed E-state index contributed by atoms with van der Waals surface area (Å²) in [5.74, 6) is -0.282.